The second-order valence-corrected chi connectivity index (χ2v) is 10.9. The van der Waals surface area contributed by atoms with Crippen LogP contribution in [0.15, 0.2) is 36.4 Å². The van der Waals surface area contributed by atoms with Crippen molar-refractivity contribution in [2.24, 2.45) is 0 Å². The van der Waals surface area contributed by atoms with Crippen molar-refractivity contribution in [2.45, 2.75) is 68.1 Å². The Morgan fingerprint density at radius 2 is 1.75 bits per heavy atom. The topological polar surface area (TPSA) is 220 Å². The van der Waals surface area contributed by atoms with E-state index in [2.05, 4.69) is 0 Å². The van der Waals surface area contributed by atoms with Gasteiger partial charge in [-0.2, -0.15) is 0 Å². The minimum Gasteiger partial charge on any atom is -0.507 e. The number of rotatable bonds is 9. The van der Waals surface area contributed by atoms with Crippen molar-refractivity contribution in [2.75, 3.05) is 26.9 Å². The fourth-order valence-corrected chi connectivity index (χ4v) is 5.11. The maximum atomic E-state index is 12.4. The monoisotopic (exact) mass is 622 g/mol. The van der Waals surface area contributed by atoms with Crippen molar-refractivity contribution >= 4 is 11.9 Å². The molecule has 0 saturated carbocycles. The summed E-state index contributed by atoms with van der Waals surface area (Å²) in [5, 5.41) is 63.3. The highest BCUT2D eigenvalue weighted by atomic mass is 16.7. The molecule has 15 heteroatoms. The Morgan fingerprint density at radius 3 is 2.45 bits per heavy atom. The van der Waals surface area contributed by atoms with Gasteiger partial charge in [-0.1, -0.05) is 0 Å². The lowest BCUT2D eigenvalue weighted by Crippen LogP contribution is -2.60. The van der Waals surface area contributed by atoms with E-state index in [4.69, 9.17) is 33.2 Å². The highest BCUT2D eigenvalue weighted by Gasteiger charge is 2.51. The number of aliphatic hydroxyl groups excluding tert-OH is 4. The van der Waals surface area contributed by atoms with Gasteiger partial charge in [-0.3, -0.25) is 0 Å². The van der Waals surface area contributed by atoms with Gasteiger partial charge in [0.15, 0.2) is 11.9 Å². The number of hydrogen-bond acceptors (Lipinski definition) is 15. The van der Waals surface area contributed by atoms with Crippen LogP contribution in [0.5, 0.6) is 17.2 Å². The lowest BCUT2D eigenvalue weighted by atomic mass is 9.97. The summed E-state index contributed by atoms with van der Waals surface area (Å²) >= 11 is 0. The second kappa shape index (κ2) is 12.8. The highest BCUT2D eigenvalue weighted by molar-refractivity contribution is 5.95. The molecule has 9 atom stereocenters. The summed E-state index contributed by atoms with van der Waals surface area (Å²) < 4.78 is 37.5. The van der Waals surface area contributed by atoms with Crippen LogP contribution in [-0.2, 0) is 30.1 Å². The van der Waals surface area contributed by atoms with Gasteiger partial charge < -0.3 is 63.8 Å². The maximum absolute atomic E-state index is 12.4. The predicted octanol–water partition coefficient (Wildman–Crippen LogP) is -0.989. The number of aromatic hydroxyl groups is 1. The first-order valence-corrected chi connectivity index (χ1v) is 13.8. The van der Waals surface area contributed by atoms with Gasteiger partial charge in [-0.25, -0.2) is 9.59 Å². The number of carbonyl (C=O) groups is 2. The van der Waals surface area contributed by atoms with Crippen LogP contribution in [0.25, 0.3) is 0 Å². The molecule has 240 valence electrons. The number of carbonyl (C=O) groups excluding carboxylic acids is 2. The van der Waals surface area contributed by atoms with Crippen LogP contribution < -0.4 is 9.47 Å². The van der Waals surface area contributed by atoms with Crippen LogP contribution >= 0.6 is 0 Å². The average molecular weight is 623 g/mol. The van der Waals surface area contributed by atoms with Crippen molar-refractivity contribution in [1.29, 1.82) is 0 Å². The Labute approximate surface area is 251 Å². The van der Waals surface area contributed by atoms with Crippen LogP contribution in [-0.4, -0.2) is 124 Å². The molecule has 0 aliphatic carbocycles. The first-order chi connectivity index (χ1) is 20.9. The van der Waals surface area contributed by atoms with Crippen LogP contribution in [0.1, 0.15) is 33.2 Å². The SMILES string of the molecule is COc1ccc(C(=O)OCC2(O)COC(OCC3OC(Oc4cc(O)c5c(c4)CC(C)OC5=O)C(O)C(O)C3O)C2O)cc1. The molecule has 0 spiro atoms. The van der Waals surface area contributed by atoms with Gasteiger partial charge in [0.05, 0.1) is 25.9 Å². The average Bonchev–Trinajstić information content (AvgIpc) is 3.28. The molecule has 2 aromatic carbocycles. The molecule has 0 radical (unpaired) electrons. The van der Waals surface area contributed by atoms with Gasteiger partial charge in [-0.15, -0.1) is 0 Å². The van der Waals surface area contributed by atoms with Crippen LogP contribution in [0.2, 0.25) is 0 Å². The number of methoxy groups -OCH3 is 1. The van der Waals surface area contributed by atoms with E-state index in [1.165, 1.54) is 25.3 Å². The summed E-state index contributed by atoms with van der Waals surface area (Å²) in [6.07, 6.45) is -11.2. The van der Waals surface area contributed by atoms with E-state index in [0.29, 0.717) is 17.7 Å². The molecular weight excluding hydrogens is 588 g/mol. The van der Waals surface area contributed by atoms with Crippen LogP contribution in [0.4, 0.5) is 0 Å². The molecule has 44 heavy (non-hydrogen) atoms. The molecule has 2 saturated heterocycles. The van der Waals surface area contributed by atoms with Crippen LogP contribution in [0.3, 0.4) is 0 Å². The predicted molar refractivity (Wildman–Crippen MR) is 144 cm³/mol. The minimum absolute atomic E-state index is 0.00660. The molecule has 15 nitrogen and oxygen atoms in total. The lowest BCUT2D eigenvalue weighted by molar-refractivity contribution is -0.289. The van der Waals surface area contributed by atoms with E-state index >= 15 is 0 Å². The molecule has 3 aliphatic heterocycles. The third-order valence-electron chi connectivity index (χ3n) is 7.62. The normalized spacial score (nSPS) is 33.3. The van der Waals surface area contributed by atoms with Gasteiger partial charge in [0.1, 0.15) is 66.0 Å². The number of esters is 2. The van der Waals surface area contributed by atoms with Crippen molar-refractivity contribution in [1.82, 2.24) is 0 Å². The summed E-state index contributed by atoms with van der Waals surface area (Å²) in [7, 11) is 1.48. The highest BCUT2D eigenvalue weighted by Crippen LogP contribution is 2.35. The van der Waals surface area contributed by atoms with E-state index in [1.807, 2.05) is 0 Å². The molecule has 3 aliphatic rings. The number of hydrogen-bond donors (Lipinski definition) is 6. The fourth-order valence-electron chi connectivity index (χ4n) is 5.11. The molecule has 2 fully saturated rings. The quantitative estimate of drug-likeness (QED) is 0.185. The number of cyclic esters (lactones) is 1. The van der Waals surface area contributed by atoms with E-state index in [-0.39, 0.29) is 16.9 Å². The Hall–Kier alpha value is -3.54. The Morgan fingerprint density at radius 1 is 1.02 bits per heavy atom. The molecule has 5 rings (SSSR count). The molecule has 0 aromatic heterocycles. The molecule has 9 unspecified atom stereocenters. The number of benzene rings is 2. The molecule has 0 bridgehead atoms. The fraction of sp³-hybridized carbons (Fsp3) is 0.517. The van der Waals surface area contributed by atoms with Crippen LogP contribution in [0, 0.1) is 0 Å². The minimum atomic E-state index is -2.02. The number of aliphatic hydroxyl groups is 5. The van der Waals surface area contributed by atoms with Gasteiger partial charge >= 0.3 is 11.9 Å². The largest absolute Gasteiger partial charge is 0.507 e. The Bertz CT molecular complexity index is 1350. The van der Waals surface area contributed by atoms with Crippen molar-refractivity contribution in [3.8, 4) is 17.2 Å². The van der Waals surface area contributed by atoms with E-state index < -0.39 is 92.3 Å². The number of phenolic OH excluding ortho intramolecular Hbond substituents is 1. The Balaban J connectivity index is 1.18. The van der Waals surface area contributed by atoms with Crippen molar-refractivity contribution < 1.29 is 73.4 Å². The standard InChI is InChI=1S/C29H34O15/c1-13-7-15-8-17(9-18(30)20(15)26(36)42-13)43-27-23(33)22(32)21(31)19(44-27)10-39-28-24(34)29(37,12-41-28)11-40-25(35)14-3-5-16(38-2)6-4-14/h3-6,8-9,13,19,21-24,27-28,30-34,37H,7,10-12H2,1-2H3. The molecule has 0 amide bonds. The smallest absolute Gasteiger partial charge is 0.342 e. The summed E-state index contributed by atoms with van der Waals surface area (Å²) in [6.45, 7) is 0.117. The first-order valence-electron chi connectivity index (χ1n) is 13.8. The zero-order chi connectivity index (χ0) is 31.8. The molecule has 6 N–H and O–H groups in total. The zero-order valence-corrected chi connectivity index (χ0v) is 23.8. The van der Waals surface area contributed by atoms with Gasteiger partial charge in [0.25, 0.3) is 0 Å². The molecule has 2 aromatic rings. The summed E-state index contributed by atoms with van der Waals surface area (Å²) in [5.74, 6) is -1.30. The lowest BCUT2D eigenvalue weighted by Gasteiger charge is -2.40. The van der Waals surface area contributed by atoms with Crippen molar-refractivity contribution in [3.63, 3.8) is 0 Å². The first kappa shape index (κ1) is 31.9. The molecular formula is C29H34O15. The maximum Gasteiger partial charge on any atom is 0.342 e. The molecule has 3 heterocycles. The van der Waals surface area contributed by atoms with E-state index in [0.717, 1.165) is 6.07 Å². The van der Waals surface area contributed by atoms with Gasteiger partial charge in [-0.05, 0) is 42.8 Å². The summed E-state index contributed by atoms with van der Waals surface area (Å²) in [4.78, 5) is 24.5. The third kappa shape index (κ3) is 6.45. The van der Waals surface area contributed by atoms with Gasteiger partial charge in [0, 0.05) is 12.5 Å². The van der Waals surface area contributed by atoms with Crippen molar-refractivity contribution in [3.05, 3.63) is 53.1 Å². The number of phenols is 1. The summed E-state index contributed by atoms with van der Waals surface area (Å²) in [5.41, 5.74) is -1.38. The van der Waals surface area contributed by atoms with E-state index in [9.17, 15) is 40.2 Å². The van der Waals surface area contributed by atoms with E-state index in [1.54, 1.807) is 19.1 Å². The summed E-state index contributed by atoms with van der Waals surface area (Å²) in [6, 6.07) is 8.66. The number of ether oxygens (including phenoxy) is 7. The zero-order valence-electron chi connectivity index (χ0n) is 23.8. The van der Waals surface area contributed by atoms with Gasteiger partial charge in [0.2, 0.25) is 6.29 Å². The Kier molecular flexibility index (Phi) is 9.29. The third-order valence-corrected chi connectivity index (χ3v) is 7.62. The second-order valence-electron chi connectivity index (χ2n) is 10.9. The number of fused-ring (bicyclic) bond motifs is 1.